The first kappa shape index (κ1) is 15.3. The monoisotopic (exact) mass is 292 g/mol. The fourth-order valence-corrected chi connectivity index (χ4v) is 2.14. The Morgan fingerprint density at radius 3 is 2.71 bits per heavy atom. The van der Waals surface area contributed by atoms with E-state index in [2.05, 4.69) is 16.0 Å². The number of benzene rings is 1. The maximum absolute atomic E-state index is 12.2. The number of ether oxygens (including phenoxy) is 1. The molecule has 5 N–H and O–H groups in total. The second kappa shape index (κ2) is 7.05. The van der Waals surface area contributed by atoms with Gasteiger partial charge in [-0.25, -0.2) is 4.79 Å². The molecule has 2 atom stereocenters. The van der Waals surface area contributed by atoms with E-state index in [1.807, 2.05) is 19.1 Å². The third-order valence-corrected chi connectivity index (χ3v) is 3.29. The third kappa shape index (κ3) is 4.44. The van der Waals surface area contributed by atoms with Gasteiger partial charge in [0, 0.05) is 18.8 Å². The number of carbonyl (C=O) groups is 2. The van der Waals surface area contributed by atoms with E-state index in [1.165, 1.54) is 0 Å². The predicted molar refractivity (Wildman–Crippen MR) is 78.7 cm³/mol. The highest BCUT2D eigenvalue weighted by Gasteiger charge is 2.28. The Labute approximate surface area is 123 Å². The van der Waals surface area contributed by atoms with E-state index >= 15 is 0 Å². The predicted octanol–water partition coefficient (Wildman–Crippen LogP) is 0.170. The Balaban J connectivity index is 1.90. The zero-order valence-corrected chi connectivity index (χ0v) is 11.9. The van der Waals surface area contributed by atoms with E-state index in [4.69, 9.17) is 10.5 Å². The Hall–Kier alpha value is -2.12. The fourth-order valence-electron chi connectivity index (χ4n) is 2.14. The molecule has 0 unspecified atom stereocenters. The number of hydrogen-bond donors (Lipinski definition) is 4. The number of amides is 3. The van der Waals surface area contributed by atoms with Gasteiger partial charge in [-0.2, -0.15) is 0 Å². The molecule has 0 aliphatic carbocycles. The maximum atomic E-state index is 12.2. The lowest BCUT2D eigenvalue weighted by molar-refractivity contribution is -0.123. The number of primary amides is 1. The summed E-state index contributed by atoms with van der Waals surface area (Å²) in [5.74, 6) is -0.120. The highest BCUT2D eigenvalue weighted by atomic mass is 16.5. The van der Waals surface area contributed by atoms with E-state index in [-0.39, 0.29) is 18.1 Å². The van der Waals surface area contributed by atoms with Crippen molar-refractivity contribution in [3.8, 4) is 0 Å². The molecule has 1 heterocycles. The van der Waals surface area contributed by atoms with Gasteiger partial charge < -0.3 is 26.4 Å². The van der Waals surface area contributed by atoms with Crippen LogP contribution in [0.15, 0.2) is 24.3 Å². The number of carbonyl (C=O) groups excluding carboxylic acids is 2. The van der Waals surface area contributed by atoms with Crippen LogP contribution in [-0.2, 0) is 16.1 Å². The fraction of sp³-hybridized carbons (Fsp3) is 0.429. The standard InChI is InChI=1S/C14H20N4O3/c1-9-12(16-6-7-21-9)13(19)18-11-4-2-10(3-5-11)8-17-14(15)20/h2-5,9,12,16H,6-8H2,1H3,(H,18,19)(H3,15,17,20)/t9-,12+/m1/s1. The van der Waals surface area contributed by atoms with Crippen molar-refractivity contribution in [1.29, 1.82) is 0 Å². The van der Waals surface area contributed by atoms with Crippen LogP contribution in [0.1, 0.15) is 12.5 Å². The molecule has 0 aromatic heterocycles. The van der Waals surface area contributed by atoms with Crippen molar-refractivity contribution in [2.45, 2.75) is 25.6 Å². The van der Waals surface area contributed by atoms with Gasteiger partial charge in [0.15, 0.2) is 0 Å². The first-order valence-corrected chi connectivity index (χ1v) is 6.84. The number of nitrogens with two attached hydrogens (primary N) is 1. The van der Waals surface area contributed by atoms with Gasteiger partial charge in [-0.3, -0.25) is 4.79 Å². The zero-order valence-electron chi connectivity index (χ0n) is 11.9. The Morgan fingerprint density at radius 2 is 2.10 bits per heavy atom. The van der Waals surface area contributed by atoms with E-state index < -0.39 is 6.03 Å². The molecular weight excluding hydrogens is 272 g/mol. The average molecular weight is 292 g/mol. The highest BCUT2D eigenvalue weighted by Crippen LogP contribution is 2.12. The van der Waals surface area contributed by atoms with Gasteiger partial charge in [-0.05, 0) is 24.6 Å². The molecule has 1 saturated heterocycles. The third-order valence-electron chi connectivity index (χ3n) is 3.29. The molecule has 0 bridgehead atoms. The van der Waals surface area contributed by atoms with Crippen LogP contribution in [0.4, 0.5) is 10.5 Å². The van der Waals surface area contributed by atoms with Crippen LogP contribution in [0.5, 0.6) is 0 Å². The molecule has 7 heteroatoms. The molecule has 3 amide bonds. The molecule has 1 aromatic carbocycles. The minimum absolute atomic E-state index is 0.120. The lowest BCUT2D eigenvalue weighted by atomic mass is 10.1. The van der Waals surface area contributed by atoms with Crippen molar-refractivity contribution in [1.82, 2.24) is 10.6 Å². The van der Waals surface area contributed by atoms with Gasteiger partial charge in [-0.15, -0.1) is 0 Å². The Bertz CT molecular complexity index is 503. The quantitative estimate of drug-likeness (QED) is 0.635. The van der Waals surface area contributed by atoms with Crippen LogP contribution in [0, 0.1) is 0 Å². The van der Waals surface area contributed by atoms with Gasteiger partial charge in [-0.1, -0.05) is 12.1 Å². The van der Waals surface area contributed by atoms with Gasteiger partial charge in [0.05, 0.1) is 12.7 Å². The number of rotatable bonds is 4. The second-order valence-corrected chi connectivity index (χ2v) is 4.91. The molecule has 1 aliphatic heterocycles. The largest absolute Gasteiger partial charge is 0.375 e. The van der Waals surface area contributed by atoms with E-state index in [9.17, 15) is 9.59 Å². The summed E-state index contributed by atoms with van der Waals surface area (Å²) in [6, 6.07) is 6.29. The molecule has 21 heavy (non-hydrogen) atoms. The van der Waals surface area contributed by atoms with Gasteiger partial charge >= 0.3 is 6.03 Å². The lowest BCUT2D eigenvalue weighted by Crippen LogP contribution is -2.53. The molecule has 0 saturated carbocycles. The lowest BCUT2D eigenvalue weighted by Gasteiger charge is -2.29. The molecule has 114 valence electrons. The van der Waals surface area contributed by atoms with Gasteiger partial charge in [0.1, 0.15) is 6.04 Å². The van der Waals surface area contributed by atoms with Crippen molar-refractivity contribution in [2.75, 3.05) is 18.5 Å². The molecule has 0 spiro atoms. The van der Waals surface area contributed by atoms with Crippen molar-refractivity contribution in [3.63, 3.8) is 0 Å². The molecule has 0 radical (unpaired) electrons. The minimum atomic E-state index is -0.565. The van der Waals surface area contributed by atoms with Crippen molar-refractivity contribution >= 4 is 17.6 Å². The number of anilines is 1. The van der Waals surface area contributed by atoms with Gasteiger partial charge in [0.2, 0.25) is 5.91 Å². The first-order valence-electron chi connectivity index (χ1n) is 6.84. The minimum Gasteiger partial charge on any atom is -0.375 e. The van der Waals surface area contributed by atoms with E-state index in [0.29, 0.717) is 25.4 Å². The van der Waals surface area contributed by atoms with E-state index in [1.54, 1.807) is 12.1 Å². The van der Waals surface area contributed by atoms with Crippen LogP contribution < -0.4 is 21.7 Å². The molecular formula is C14H20N4O3. The summed E-state index contributed by atoms with van der Waals surface area (Å²) in [6.45, 7) is 3.51. The maximum Gasteiger partial charge on any atom is 0.312 e. The van der Waals surface area contributed by atoms with Crippen molar-refractivity contribution in [3.05, 3.63) is 29.8 Å². The average Bonchev–Trinajstić information content (AvgIpc) is 2.47. The second-order valence-electron chi connectivity index (χ2n) is 4.91. The summed E-state index contributed by atoms with van der Waals surface area (Å²) in [4.78, 5) is 22.8. The number of nitrogens with one attached hydrogen (secondary N) is 3. The van der Waals surface area contributed by atoms with Crippen LogP contribution in [0.2, 0.25) is 0 Å². The highest BCUT2D eigenvalue weighted by molar-refractivity contribution is 5.95. The summed E-state index contributed by atoms with van der Waals surface area (Å²) < 4.78 is 5.45. The summed E-state index contributed by atoms with van der Waals surface area (Å²) in [7, 11) is 0. The summed E-state index contributed by atoms with van der Waals surface area (Å²) in [6.07, 6.45) is -0.155. The van der Waals surface area contributed by atoms with Crippen molar-refractivity contribution < 1.29 is 14.3 Å². The Morgan fingerprint density at radius 1 is 1.38 bits per heavy atom. The molecule has 7 nitrogen and oxygen atoms in total. The van der Waals surface area contributed by atoms with Crippen LogP contribution in [-0.4, -0.2) is 37.2 Å². The van der Waals surface area contributed by atoms with Crippen LogP contribution >= 0.6 is 0 Å². The zero-order chi connectivity index (χ0) is 15.2. The Kier molecular flexibility index (Phi) is 5.13. The number of morpholine rings is 1. The normalized spacial score (nSPS) is 21.6. The number of urea groups is 1. The molecule has 1 aliphatic rings. The van der Waals surface area contributed by atoms with Crippen LogP contribution in [0.3, 0.4) is 0 Å². The summed E-state index contributed by atoms with van der Waals surface area (Å²) in [5.41, 5.74) is 6.60. The topological polar surface area (TPSA) is 105 Å². The molecule has 1 fully saturated rings. The first-order chi connectivity index (χ1) is 10.1. The summed E-state index contributed by atoms with van der Waals surface area (Å²) >= 11 is 0. The SMILES string of the molecule is C[C@H]1OCCN[C@@H]1C(=O)Nc1ccc(CNC(N)=O)cc1. The molecule has 2 rings (SSSR count). The summed E-state index contributed by atoms with van der Waals surface area (Å²) in [5, 5.41) is 8.48. The van der Waals surface area contributed by atoms with Gasteiger partial charge in [0.25, 0.3) is 0 Å². The van der Waals surface area contributed by atoms with Crippen LogP contribution in [0.25, 0.3) is 0 Å². The van der Waals surface area contributed by atoms with Crippen molar-refractivity contribution in [2.24, 2.45) is 5.73 Å². The van der Waals surface area contributed by atoms with E-state index in [0.717, 1.165) is 5.56 Å². The number of hydrogen-bond acceptors (Lipinski definition) is 4. The smallest absolute Gasteiger partial charge is 0.312 e. The molecule has 1 aromatic rings.